The fourth-order valence-electron chi connectivity index (χ4n) is 1.89. The van der Waals surface area contributed by atoms with Crippen LogP contribution in [0.5, 0.6) is 0 Å². The van der Waals surface area contributed by atoms with Gasteiger partial charge in [-0.25, -0.2) is 0 Å². The highest BCUT2D eigenvalue weighted by Crippen LogP contribution is 2.16. The van der Waals surface area contributed by atoms with Gasteiger partial charge in [0.2, 0.25) is 5.91 Å². The lowest BCUT2D eigenvalue weighted by atomic mass is 10.0. The Kier molecular flexibility index (Phi) is 3.03. The molecule has 3 atom stereocenters. The summed E-state index contributed by atoms with van der Waals surface area (Å²) in [4.78, 5) is 11.7. The maximum Gasteiger partial charge on any atom is 0.225 e. The summed E-state index contributed by atoms with van der Waals surface area (Å²) in [5.74, 6) is 0.619. The summed E-state index contributed by atoms with van der Waals surface area (Å²) in [5, 5.41) is 3.03. The molecule has 2 fully saturated rings. The number of rotatable bonds is 2. The molecular formula is C10H17NO3. The van der Waals surface area contributed by atoms with Gasteiger partial charge in [-0.05, 0) is 6.42 Å². The van der Waals surface area contributed by atoms with Gasteiger partial charge in [0, 0.05) is 12.5 Å². The second kappa shape index (κ2) is 4.28. The maximum atomic E-state index is 11.7. The fraction of sp³-hybridized carbons (Fsp3) is 0.900. The molecule has 0 spiro atoms. The molecule has 80 valence electrons. The predicted molar refractivity (Wildman–Crippen MR) is 50.8 cm³/mol. The molecule has 1 N–H and O–H groups in total. The third-order valence-corrected chi connectivity index (χ3v) is 2.99. The van der Waals surface area contributed by atoms with E-state index in [1.54, 1.807) is 0 Å². The third-order valence-electron chi connectivity index (χ3n) is 2.99. The molecule has 2 rings (SSSR count). The molecule has 0 aromatic heterocycles. The zero-order chi connectivity index (χ0) is 9.97. The molecule has 2 saturated heterocycles. The Labute approximate surface area is 84.0 Å². The molecule has 2 aliphatic rings. The highest BCUT2D eigenvalue weighted by Gasteiger charge is 2.30. The Hall–Kier alpha value is -0.610. The average Bonchev–Trinajstić information content (AvgIpc) is 2.77. The third kappa shape index (κ3) is 2.07. The Bertz CT molecular complexity index is 213. The summed E-state index contributed by atoms with van der Waals surface area (Å²) < 4.78 is 10.5. The van der Waals surface area contributed by atoms with E-state index in [1.165, 1.54) is 0 Å². The highest BCUT2D eigenvalue weighted by atomic mass is 16.5. The van der Waals surface area contributed by atoms with Gasteiger partial charge >= 0.3 is 0 Å². The summed E-state index contributed by atoms with van der Waals surface area (Å²) in [7, 11) is 0. The van der Waals surface area contributed by atoms with Gasteiger partial charge in [-0.3, -0.25) is 4.79 Å². The zero-order valence-corrected chi connectivity index (χ0v) is 8.49. The van der Waals surface area contributed by atoms with Crippen molar-refractivity contribution in [3.05, 3.63) is 0 Å². The predicted octanol–water partition coefficient (Wildman–Crippen LogP) is 0.174. The van der Waals surface area contributed by atoms with Gasteiger partial charge < -0.3 is 14.8 Å². The van der Waals surface area contributed by atoms with Gasteiger partial charge in [0.1, 0.15) is 0 Å². The van der Waals surface area contributed by atoms with Crippen LogP contribution in [-0.4, -0.2) is 38.4 Å². The number of carbonyl (C=O) groups is 1. The molecule has 2 heterocycles. The lowest BCUT2D eigenvalue weighted by Crippen LogP contribution is -2.42. The van der Waals surface area contributed by atoms with Crippen molar-refractivity contribution in [3.63, 3.8) is 0 Å². The first-order valence-corrected chi connectivity index (χ1v) is 5.23. The zero-order valence-electron chi connectivity index (χ0n) is 8.49. The minimum absolute atomic E-state index is 0.0581. The van der Waals surface area contributed by atoms with E-state index in [9.17, 15) is 4.79 Å². The number of hydrogen-bond donors (Lipinski definition) is 1. The smallest absolute Gasteiger partial charge is 0.225 e. The van der Waals surface area contributed by atoms with E-state index in [4.69, 9.17) is 9.47 Å². The second-order valence-electron chi connectivity index (χ2n) is 4.19. The van der Waals surface area contributed by atoms with Crippen LogP contribution in [0.1, 0.15) is 13.3 Å². The number of hydrogen-bond acceptors (Lipinski definition) is 3. The number of carbonyl (C=O) groups excluding carboxylic acids is 1. The van der Waals surface area contributed by atoms with Crippen molar-refractivity contribution in [1.82, 2.24) is 5.32 Å². The number of nitrogens with one attached hydrogen (secondary N) is 1. The van der Waals surface area contributed by atoms with Gasteiger partial charge in [-0.15, -0.1) is 0 Å². The quantitative estimate of drug-likeness (QED) is 0.690. The topological polar surface area (TPSA) is 47.6 Å². The molecule has 2 aliphatic heterocycles. The van der Waals surface area contributed by atoms with Crippen LogP contribution in [0.2, 0.25) is 0 Å². The minimum atomic E-state index is 0.0581. The standard InChI is InChI=1S/C10H17NO3/c1-7-4-14-6-9(7)11-10(12)8-2-3-13-5-8/h7-9H,2-6H2,1H3,(H,11,12). The maximum absolute atomic E-state index is 11.7. The SMILES string of the molecule is CC1COCC1NC(=O)C1CCOC1. The van der Waals surface area contributed by atoms with Crippen LogP contribution in [0.3, 0.4) is 0 Å². The molecule has 0 aromatic rings. The molecule has 0 radical (unpaired) electrons. The first-order chi connectivity index (χ1) is 6.77. The lowest BCUT2D eigenvalue weighted by molar-refractivity contribution is -0.125. The lowest BCUT2D eigenvalue weighted by Gasteiger charge is -2.17. The van der Waals surface area contributed by atoms with Crippen molar-refractivity contribution >= 4 is 5.91 Å². The Morgan fingerprint density at radius 2 is 2.14 bits per heavy atom. The summed E-state index contributed by atoms with van der Waals surface area (Å²) in [6, 6.07) is 0.197. The van der Waals surface area contributed by atoms with Gasteiger partial charge in [0.15, 0.2) is 0 Å². The van der Waals surface area contributed by atoms with Gasteiger partial charge in [-0.1, -0.05) is 6.92 Å². The van der Waals surface area contributed by atoms with Gasteiger partial charge in [0.25, 0.3) is 0 Å². The molecule has 4 heteroatoms. The van der Waals surface area contributed by atoms with Crippen molar-refractivity contribution in [2.45, 2.75) is 19.4 Å². The number of ether oxygens (including phenoxy) is 2. The molecule has 0 bridgehead atoms. The van der Waals surface area contributed by atoms with E-state index in [2.05, 4.69) is 12.2 Å². The van der Waals surface area contributed by atoms with Crippen LogP contribution in [0.4, 0.5) is 0 Å². The first kappa shape index (κ1) is 9.93. The van der Waals surface area contributed by atoms with E-state index in [0.29, 0.717) is 19.1 Å². The van der Waals surface area contributed by atoms with E-state index in [-0.39, 0.29) is 17.9 Å². The highest BCUT2D eigenvalue weighted by molar-refractivity contribution is 5.79. The summed E-state index contributed by atoms with van der Waals surface area (Å²) in [6.45, 7) is 4.80. The molecule has 14 heavy (non-hydrogen) atoms. The van der Waals surface area contributed by atoms with Gasteiger partial charge in [-0.2, -0.15) is 0 Å². The molecular weight excluding hydrogens is 182 g/mol. The summed E-state index contributed by atoms with van der Waals surface area (Å²) in [5.41, 5.74) is 0. The van der Waals surface area contributed by atoms with E-state index in [0.717, 1.165) is 19.6 Å². The molecule has 1 amide bonds. The van der Waals surface area contributed by atoms with Crippen LogP contribution in [0.15, 0.2) is 0 Å². The van der Waals surface area contributed by atoms with E-state index >= 15 is 0 Å². The van der Waals surface area contributed by atoms with Crippen LogP contribution in [0.25, 0.3) is 0 Å². The van der Waals surface area contributed by atoms with Crippen molar-refractivity contribution in [3.8, 4) is 0 Å². The van der Waals surface area contributed by atoms with Crippen molar-refractivity contribution in [1.29, 1.82) is 0 Å². The molecule has 0 aromatic carbocycles. The van der Waals surface area contributed by atoms with Crippen LogP contribution < -0.4 is 5.32 Å². The van der Waals surface area contributed by atoms with Crippen molar-refractivity contribution in [2.24, 2.45) is 11.8 Å². The molecule has 0 aliphatic carbocycles. The largest absolute Gasteiger partial charge is 0.381 e. The van der Waals surface area contributed by atoms with Gasteiger partial charge in [0.05, 0.1) is 31.8 Å². The Morgan fingerprint density at radius 3 is 2.71 bits per heavy atom. The Balaban J connectivity index is 1.81. The Morgan fingerprint density at radius 1 is 1.29 bits per heavy atom. The molecule has 4 nitrogen and oxygen atoms in total. The molecule has 3 unspecified atom stereocenters. The van der Waals surface area contributed by atoms with E-state index < -0.39 is 0 Å². The van der Waals surface area contributed by atoms with E-state index in [1.807, 2.05) is 0 Å². The number of amides is 1. The summed E-state index contributed by atoms with van der Waals surface area (Å²) >= 11 is 0. The fourth-order valence-corrected chi connectivity index (χ4v) is 1.89. The normalized spacial score (nSPS) is 37.4. The second-order valence-corrected chi connectivity index (χ2v) is 4.19. The van der Waals surface area contributed by atoms with Crippen LogP contribution >= 0.6 is 0 Å². The van der Waals surface area contributed by atoms with Crippen LogP contribution in [-0.2, 0) is 14.3 Å². The average molecular weight is 199 g/mol. The minimum Gasteiger partial charge on any atom is -0.381 e. The molecule has 0 saturated carbocycles. The first-order valence-electron chi connectivity index (χ1n) is 5.23. The van der Waals surface area contributed by atoms with Crippen molar-refractivity contribution in [2.75, 3.05) is 26.4 Å². The monoisotopic (exact) mass is 199 g/mol. The summed E-state index contributed by atoms with van der Waals surface area (Å²) in [6.07, 6.45) is 0.855. The van der Waals surface area contributed by atoms with Crippen LogP contribution in [0, 0.1) is 11.8 Å². The van der Waals surface area contributed by atoms with Crippen molar-refractivity contribution < 1.29 is 14.3 Å².